The van der Waals surface area contributed by atoms with Crippen LogP contribution in [0.25, 0.3) is 0 Å². The lowest BCUT2D eigenvalue weighted by Crippen LogP contribution is -2.52. The van der Waals surface area contributed by atoms with E-state index in [1.54, 1.807) is 32.4 Å². The third kappa shape index (κ3) is 3.92. The fourth-order valence-electron chi connectivity index (χ4n) is 4.07. The minimum absolute atomic E-state index is 0.0897. The molecule has 2 aromatic carbocycles. The van der Waals surface area contributed by atoms with Gasteiger partial charge in [-0.25, -0.2) is 0 Å². The molecule has 0 bridgehead atoms. The topological polar surface area (TPSA) is 65.1 Å². The second-order valence-corrected chi connectivity index (χ2v) is 7.65. The Morgan fingerprint density at radius 3 is 2.34 bits per heavy atom. The number of ether oxygens (including phenoxy) is 3. The summed E-state index contributed by atoms with van der Waals surface area (Å²) in [5, 5.41) is 0. The number of nitrogens with zero attached hydrogens (tertiary/aromatic N) is 1. The number of rotatable bonds is 4. The van der Waals surface area contributed by atoms with E-state index in [2.05, 4.69) is 0 Å². The molecule has 4 rings (SSSR count). The van der Waals surface area contributed by atoms with Gasteiger partial charge in [0.2, 0.25) is 5.91 Å². The molecule has 1 saturated heterocycles. The molecule has 2 aromatic rings. The van der Waals surface area contributed by atoms with Crippen molar-refractivity contribution >= 4 is 11.7 Å². The minimum Gasteiger partial charge on any atom is -0.497 e. The molecule has 0 unspecified atom stereocenters. The van der Waals surface area contributed by atoms with Gasteiger partial charge in [0.15, 0.2) is 5.78 Å². The summed E-state index contributed by atoms with van der Waals surface area (Å²) in [7, 11) is 3.21. The molecule has 6 nitrogen and oxygen atoms in total. The first-order valence-corrected chi connectivity index (χ1v) is 9.83. The third-order valence-corrected chi connectivity index (χ3v) is 5.84. The Hall–Kier alpha value is -3.02. The predicted molar refractivity (Wildman–Crippen MR) is 108 cm³/mol. The molecular weight excluding hydrogens is 370 g/mol. The van der Waals surface area contributed by atoms with Gasteiger partial charge in [-0.15, -0.1) is 0 Å². The van der Waals surface area contributed by atoms with Crippen LogP contribution in [0.15, 0.2) is 42.5 Å². The van der Waals surface area contributed by atoms with E-state index in [1.165, 1.54) is 0 Å². The maximum Gasteiger partial charge on any atom is 0.226 e. The van der Waals surface area contributed by atoms with Gasteiger partial charge in [-0.1, -0.05) is 12.1 Å². The Balaban J connectivity index is 1.40. The van der Waals surface area contributed by atoms with Crippen LogP contribution in [-0.2, 0) is 11.2 Å². The lowest BCUT2D eigenvalue weighted by Gasteiger charge is -2.44. The molecular formula is C23H25NO5. The van der Waals surface area contributed by atoms with E-state index in [1.807, 2.05) is 29.2 Å². The number of methoxy groups -OCH3 is 2. The van der Waals surface area contributed by atoms with Gasteiger partial charge in [0.1, 0.15) is 22.8 Å². The normalized spacial score (nSPS) is 17.4. The summed E-state index contributed by atoms with van der Waals surface area (Å²) in [5.74, 6) is 2.21. The zero-order valence-electron chi connectivity index (χ0n) is 16.8. The molecule has 2 aliphatic rings. The maximum atomic E-state index is 12.7. The van der Waals surface area contributed by atoms with Crippen LogP contribution in [0.3, 0.4) is 0 Å². The Labute approximate surface area is 170 Å². The highest BCUT2D eigenvalue weighted by atomic mass is 16.5. The Morgan fingerprint density at radius 2 is 1.69 bits per heavy atom. The zero-order valence-corrected chi connectivity index (χ0v) is 16.8. The molecule has 0 atom stereocenters. The van der Waals surface area contributed by atoms with Crippen LogP contribution in [0.5, 0.6) is 17.2 Å². The molecule has 0 radical (unpaired) electrons. The van der Waals surface area contributed by atoms with Crippen LogP contribution in [-0.4, -0.2) is 49.5 Å². The van der Waals surface area contributed by atoms with E-state index >= 15 is 0 Å². The van der Waals surface area contributed by atoms with Crippen LogP contribution in [0, 0.1) is 0 Å². The van der Waals surface area contributed by atoms with Crippen LogP contribution in [0.4, 0.5) is 0 Å². The van der Waals surface area contributed by atoms with Crippen molar-refractivity contribution in [2.24, 2.45) is 0 Å². The van der Waals surface area contributed by atoms with Crippen LogP contribution in [0.2, 0.25) is 0 Å². The summed E-state index contributed by atoms with van der Waals surface area (Å²) in [5.41, 5.74) is 1.03. The Morgan fingerprint density at radius 1 is 1.03 bits per heavy atom. The molecule has 1 fully saturated rings. The Bertz CT molecular complexity index is 913. The van der Waals surface area contributed by atoms with Gasteiger partial charge in [0.25, 0.3) is 0 Å². The minimum atomic E-state index is -0.534. The molecule has 2 heterocycles. The maximum absolute atomic E-state index is 12.7. The third-order valence-electron chi connectivity index (χ3n) is 5.84. The van der Waals surface area contributed by atoms with Crippen molar-refractivity contribution < 1.29 is 23.8 Å². The van der Waals surface area contributed by atoms with Gasteiger partial charge in [0.05, 0.1) is 32.6 Å². The quantitative estimate of drug-likeness (QED) is 0.795. The lowest BCUT2D eigenvalue weighted by atomic mass is 9.82. The number of ketones is 1. The molecule has 6 heteroatoms. The van der Waals surface area contributed by atoms with Gasteiger partial charge in [0, 0.05) is 32.0 Å². The van der Waals surface area contributed by atoms with Gasteiger partial charge in [-0.2, -0.15) is 0 Å². The van der Waals surface area contributed by atoms with Crippen molar-refractivity contribution in [1.82, 2.24) is 4.90 Å². The number of benzene rings is 2. The van der Waals surface area contributed by atoms with Gasteiger partial charge >= 0.3 is 0 Å². The van der Waals surface area contributed by atoms with E-state index in [-0.39, 0.29) is 11.7 Å². The first-order chi connectivity index (χ1) is 14.0. The van der Waals surface area contributed by atoms with E-state index in [9.17, 15) is 9.59 Å². The number of Topliss-reactive ketones (excluding diaryl/α,β-unsaturated/α-hetero) is 1. The molecule has 2 aliphatic heterocycles. The summed E-state index contributed by atoms with van der Waals surface area (Å²) >= 11 is 0. The van der Waals surface area contributed by atoms with Crippen molar-refractivity contribution in [2.75, 3.05) is 27.3 Å². The molecule has 0 N–H and O–H groups in total. The summed E-state index contributed by atoms with van der Waals surface area (Å²) in [6.45, 7) is 1.17. The standard InChI is InChI=1S/C23H25NO5/c1-27-17-5-3-16(4-6-17)13-22(26)24-11-9-23(10-12-24)15-20(25)19-8-7-18(28-2)14-21(19)29-23/h3-8,14H,9-13,15H2,1-2H3. The number of fused-ring (bicyclic) bond motifs is 1. The highest BCUT2D eigenvalue weighted by molar-refractivity contribution is 6.00. The number of carbonyl (C=O) groups is 2. The molecule has 1 spiro atoms. The number of carbonyl (C=O) groups excluding carboxylic acids is 2. The van der Waals surface area contributed by atoms with Crippen LogP contribution < -0.4 is 14.2 Å². The summed E-state index contributed by atoms with van der Waals surface area (Å²) in [4.78, 5) is 27.2. The second kappa shape index (κ2) is 7.78. The smallest absolute Gasteiger partial charge is 0.226 e. The highest BCUT2D eigenvalue weighted by Crippen LogP contribution is 2.40. The molecule has 0 saturated carbocycles. The van der Waals surface area contributed by atoms with Crippen molar-refractivity contribution in [3.63, 3.8) is 0 Å². The van der Waals surface area contributed by atoms with Crippen molar-refractivity contribution in [3.05, 3.63) is 53.6 Å². The van der Waals surface area contributed by atoms with Gasteiger partial charge < -0.3 is 19.1 Å². The average molecular weight is 395 g/mol. The van der Waals surface area contributed by atoms with Crippen molar-refractivity contribution in [1.29, 1.82) is 0 Å². The fourth-order valence-corrected chi connectivity index (χ4v) is 4.07. The average Bonchev–Trinajstić information content (AvgIpc) is 2.74. The zero-order chi connectivity index (χ0) is 20.4. The van der Waals surface area contributed by atoms with E-state index in [4.69, 9.17) is 14.2 Å². The number of amides is 1. The number of hydrogen-bond donors (Lipinski definition) is 0. The SMILES string of the molecule is COc1ccc(CC(=O)N2CCC3(CC2)CC(=O)c2ccc(OC)cc2O3)cc1. The number of hydrogen-bond acceptors (Lipinski definition) is 5. The van der Waals surface area contributed by atoms with E-state index in [0.717, 1.165) is 11.3 Å². The van der Waals surface area contributed by atoms with Gasteiger partial charge in [-0.05, 0) is 29.8 Å². The molecule has 152 valence electrons. The second-order valence-electron chi connectivity index (χ2n) is 7.65. The summed E-state index contributed by atoms with van der Waals surface area (Å²) < 4.78 is 16.7. The first-order valence-electron chi connectivity index (χ1n) is 9.83. The molecule has 0 aromatic heterocycles. The molecule has 29 heavy (non-hydrogen) atoms. The van der Waals surface area contributed by atoms with E-state index < -0.39 is 5.60 Å². The lowest BCUT2D eigenvalue weighted by molar-refractivity contribution is -0.134. The first kappa shape index (κ1) is 19.3. The summed E-state index contributed by atoms with van der Waals surface area (Å²) in [6.07, 6.45) is 2.00. The molecule has 0 aliphatic carbocycles. The number of likely N-dealkylation sites (tertiary alicyclic amines) is 1. The monoisotopic (exact) mass is 395 g/mol. The highest BCUT2D eigenvalue weighted by Gasteiger charge is 2.43. The van der Waals surface area contributed by atoms with Crippen molar-refractivity contribution in [3.8, 4) is 17.2 Å². The van der Waals surface area contributed by atoms with E-state index in [0.29, 0.717) is 55.8 Å². The van der Waals surface area contributed by atoms with Crippen LogP contribution in [0.1, 0.15) is 35.2 Å². The summed E-state index contributed by atoms with van der Waals surface area (Å²) in [6, 6.07) is 12.9. The van der Waals surface area contributed by atoms with Gasteiger partial charge in [-0.3, -0.25) is 9.59 Å². The van der Waals surface area contributed by atoms with Crippen molar-refractivity contribution in [2.45, 2.75) is 31.3 Å². The largest absolute Gasteiger partial charge is 0.497 e. The predicted octanol–water partition coefficient (Wildman–Crippen LogP) is 3.27. The molecule has 1 amide bonds. The number of piperidine rings is 1. The fraction of sp³-hybridized carbons (Fsp3) is 0.391. The van der Waals surface area contributed by atoms with Crippen LogP contribution >= 0.6 is 0 Å². The Kier molecular flexibility index (Phi) is 5.18.